The van der Waals surface area contributed by atoms with Gasteiger partial charge in [-0.1, -0.05) is 29.3 Å². The van der Waals surface area contributed by atoms with Crippen LogP contribution < -0.4 is 5.32 Å². The molecule has 0 bridgehead atoms. The van der Waals surface area contributed by atoms with E-state index in [0.717, 1.165) is 0 Å². The highest BCUT2D eigenvalue weighted by Crippen LogP contribution is 2.19. The van der Waals surface area contributed by atoms with Crippen molar-refractivity contribution >= 4 is 58.7 Å². The Hall–Kier alpha value is -4.41. The summed E-state index contributed by atoms with van der Waals surface area (Å²) in [5.41, 5.74) is 0.0326. The molecule has 0 aromatic heterocycles. The number of anilines is 1. The van der Waals surface area contributed by atoms with Crippen molar-refractivity contribution in [3.63, 3.8) is 0 Å². The smallest absolute Gasteiger partial charge is 0.349 e. The standard InChI is InChI=1S/C26H19Cl2NO9/c1-36-24(33)16-3-2-4-19(13-16)29-22(30)20(37-25(34)14-5-9-17(27)10-6-14)21(23(31)32)38-26(35)15-7-11-18(28)12-8-15/h2-13,20-21H,1H3,(H,29,30)(H,31,32)/t20-,21+/m1/s1. The van der Waals surface area contributed by atoms with Crippen molar-refractivity contribution in [2.24, 2.45) is 0 Å². The van der Waals surface area contributed by atoms with Crippen LogP contribution in [0.5, 0.6) is 0 Å². The zero-order valence-electron chi connectivity index (χ0n) is 19.6. The van der Waals surface area contributed by atoms with Crippen molar-refractivity contribution < 1.29 is 43.3 Å². The van der Waals surface area contributed by atoms with Gasteiger partial charge < -0.3 is 24.6 Å². The second-order valence-electron chi connectivity index (χ2n) is 7.57. The highest BCUT2D eigenvalue weighted by Gasteiger charge is 2.41. The molecule has 12 heteroatoms. The number of hydrogen-bond donors (Lipinski definition) is 2. The maximum absolute atomic E-state index is 13.2. The van der Waals surface area contributed by atoms with Gasteiger partial charge in [-0.05, 0) is 66.7 Å². The third-order valence-corrected chi connectivity index (χ3v) is 5.46. The number of aliphatic carboxylic acids is 1. The number of amides is 1. The average molecular weight is 560 g/mol. The van der Waals surface area contributed by atoms with Gasteiger partial charge in [-0.3, -0.25) is 4.79 Å². The van der Waals surface area contributed by atoms with Gasteiger partial charge >= 0.3 is 23.9 Å². The Labute approximate surface area is 226 Å². The van der Waals surface area contributed by atoms with Gasteiger partial charge in [0.25, 0.3) is 5.91 Å². The normalized spacial score (nSPS) is 12.0. The summed E-state index contributed by atoms with van der Waals surface area (Å²) in [6.45, 7) is 0. The summed E-state index contributed by atoms with van der Waals surface area (Å²) in [5.74, 6) is -5.79. The number of carboxylic acid groups (broad SMARTS) is 1. The predicted octanol–water partition coefficient (Wildman–Crippen LogP) is 4.25. The lowest BCUT2D eigenvalue weighted by Gasteiger charge is -2.23. The summed E-state index contributed by atoms with van der Waals surface area (Å²) in [6, 6.07) is 16.2. The summed E-state index contributed by atoms with van der Waals surface area (Å²) in [7, 11) is 1.17. The van der Waals surface area contributed by atoms with Crippen molar-refractivity contribution in [1.29, 1.82) is 0 Å². The Morgan fingerprint density at radius 3 is 1.68 bits per heavy atom. The fourth-order valence-corrected chi connectivity index (χ4v) is 3.34. The molecule has 2 atom stereocenters. The Morgan fingerprint density at radius 1 is 0.711 bits per heavy atom. The van der Waals surface area contributed by atoms with Gasteiger partial charge in [-0.25, -0.2) is 19.2 Å². The van der Waals surface area contributed by atoms with Crippen LogP contribution in [0.15, 0.2) is 72.8 Å². The van der Waals surface area contributed by atoms with E-state index in [2.05, 4.69) is 10.1 Å². The maximum atomic E-state index is 13.2. The molecule has 0 unspecified atom stereocenters. The molecular formula is C26H19Cl2NO9. The van der Waals surface area contributed by atoms with E-state index >= 15 is 0 Å². The average Bonchev–Trinajstić information content (AvgIpc) is 2.90. The van der Waals surface area contributed by atoms with Gasteiger partial charge in [-0.2, -0.15) is 0 Å². The first-order valence-corrected chi connectivity index (χ1v) is 11.5. The summed E-state index contributed by atoms with van der Waals surface area (Å²) in [5, 5.41) is 12.8. The Kier molecular flexibility index (Phi) is 9.42. The second kappa shape index (κ2) is 12.7. The van der Waals surface area contributed by atoms with E-state index in [-0.39, 0.29) is 22.4 Å². The summed E-state index contributed by atoms with van der Waals surface area (Å²) < 4.78 is 14.9. The van der Waals surface area contributed by atoms with Crippen LogP contribution in [0.3, 0.4) is 0 Å². The van der Waals surface area contributed by atoms with Gasteiger partial charge in [0.1, 0.15) is 0 Å². The monoisotopic (exact) mass is 559 g/mol. The molecule has 0 saturated heterocycles. The lowest BCUT2D eigenvalue weighted by atomic mass is 10.1. The highest BCUT2D eigenvalue weighted by molar-refractivity contribution is 6.31. The number of hydrogen-bond acceptors (Lipinski definition) is 8. The molecule has 0 radical (unpaired) electrons. The minimum Gasteiger partial charge on any atom is -0.478 e. The van der Waals surface area contributed by atoms with Crippen molar-refractivity contribution in [1.82, 2.24) is 0 Å². The summed E-state index contributed by atoms with van der Waals surface area (Å²) in [4.78, 5) is 62.5. The number of ether oxygens (including phenoxy) is 3. The molecule has 3 aromatic carbocycles. The first-order valence-electron chi connectivity index (χ1n) is 10.7. The highest BCUT2D eigenvalue weighted by atomic mass is 35.5. The topological polar surface area (TPSA) is 145 Å². The number of carboxylic acids is 1. The van der Waals surface area contributed by atoms with Crippen LogP contribution in [0.2, 0.25) is 10.0 Å². The Morgan fingerprint density at radius 2 is 1.21 bits per heavy atom. The second-order valence-corrected chi connectivity index (χ2v) is 8.44. The van der Waals surface area contributed by atoms with E-state index in [9.17, 15) is 29.1 Å². The Balaban J connectivity index is 1.92. The molecule has 10 nitrogen and oxygen atoms in total. The quantitative estimate of drug-likeness (QED) is 0.290. The molecule has 0 aliphatic heterocycles. The van der Waals surface area contributed by atoms with E-state index in [0.29, 0.717) is 10.0 Å². The van der Waals surface area contributed by atoms with Crippen LogP contribution in [0, 0.1) is 0 Å². The first kappa shape index (κ1) is 28.2. The number of nitrogens with one attached hydrogen (secondary N) is 1. The number of carbonyl (C=O) groups excluding carboxylic acids is 4. The van der Waals surface area contributed by atoms with Crippen molar-refractivity contribution in [3.8, 4) is 0 Å². The van der Waals surface area contributed by atoms with E-state index in [1.165, 1.54) is 79.9 Å². The molecular weight excluding hydrogens is 541 g/mol. The van der Waals surface area contributed by atoms with E-state index in [1.54, 1.807) is 0 Å². The Bertz CT molecular complexity index is 1360. The fourth-order valence-electron chi connectivity index (χ4n) is 3.09. The molecule has 0 saturated carbocycles. The molecule has 3 rings (SSSR count). The van der Waals surface area contributed by atoms with Crippen molar-refractivity contribution in [3.05, 3.63) is 99.5 Å². The number of halogens is 2. The molecule has 0 aliphatic rings. The molecule has 0 fully saturated rings. The van der Waals surface area contributed by atoms with Crippen LogP contribution in [0.4, 0.5) is 5.69 Å². The van der Waals surface area contributed by atoms with Crippen LogP contribution in [0.25, 0.3) is 0 Å². The van der Waals surface area contributed by atoms with Gasteiger partial charge in [0, 0.05) is 15.7 Å². The molecule has 196 valence electrons. The third-order valence-electron chi connectivity index (χ3n) is 4.96. The lowest BCUT2D eigenvalue weighted by molar-refractivity contribution is -0.157. The van der Waals surface area contributed by atoms with Gasteiger partial charge in [0.15, 0.2) is 0 Å². The largest absolute Gasteiger partial charge is 0.478 e. The molecule has 2 N–H and O–H groups in total. The number of carbonyl (C=O) groups is 5. The number of esters is 3. The zero-order chi connectivity index (χ0) is 27.8. The number of benzene rings is 3. The van der Waals surface area contributed by atoms with Crippen molar-refractivity contribution in [2.75, 3.05) is 12.4 Å². The van der Waals surface area contributed by atoms with Crippen LogP contribution in [0.1, 0.15) is 31.1 Å². The summed E-state index contributed by atoms with van der Waals surface area (Å²) in [6.07, 6.45) is -4.40. The first-order chi connectivity index (χ1) is 18.1. The van der Waals surface area contributed by atoms with Gasteiger partial charge in [0.2, 0.25) is 12.2 Å². The lowest BCUT2D eigenvalue weighted by Crippen LogP contribution is -2.48. The van der Waals surface area contributed by atoms with Crippen LogP contribution in [-0.2, 0) is 23.8 Å². The summed E-state index contributed by atoms with van der Waals surface area (Å²) >= 11 is 11.6. The molecule has 38 heavy (non-hydrogen) atoms. The molecule has 0 aliphatic carbocycles. The maximum Gasteiger partial charge on any atom is 0.349 e. The molecule has 0 heterocycles. The van der Waals surface area contributed by atoms with Crippen molar-refractivity contribution in [2.45, 2.75) is 12.2 Å². The minimum atomic E-state index is -2.25. The number of rotatable bonds is 9. The predicted molar refractivity (Wildman–Crippen MR) is 135 cm³/mol. The SMILES string of the molecule is COC(=O)c1cccc(NC(=O)[C@H](OC(=O)c2ccc(Cl)cc2)[C@H](OC(=O)c2ccc(Cl)cc2)C(=O)O)c1. The number of methoxy groups -OCH3 is 1. The van der Waals surface area contributed by atoms with E-state index in [4.69, 9.17) is 32.7 Å². The van der Waals surface area contributed by atoms with Gasteiger partial charge in [0.05, 0.1) is 23.8 Å². The van der Waals surface area contributed by atoms with Crippen LogP contribution in [-0.4, -0.2) is 54.2 Å². The third kappa shape index (κ3) is 7.31. The molecule has 1 amide bonds. The zero-order valence-corrected chi connectivity index (χ0v) is 21.1. The van der Waals surface area contributed by atoms with Crippen LogP contribution >= 0.6 is 23.2 Å². The van der Waals surface area contributed by atoms with E-state index < -0.39 is 42.0 Å². The molecule has 3 aromatic rings. The minimum absolute atomic E-state index is 0.0481. The molecule has 0 spiro atoms. The van der Waals surface area contributed by atoms with Gasteiger partial charge in [-0.15, -0.1) is 0 Å². The fraction of sp³-hybridized carbons (Fsp3) is 0.115. The van der Waals surface area contributed by atoms with E-state index in [1.807, 2.05) is 0 Å².